The number of hydrazine groups is 1. The molecule has 108 valence electrons. The molecule has 0 spiro atoms. The molecule has 2 unspecified atom stereocenters. The molecule has 0 aromatic carbocycles. The molecule has 1 aromatic heterocycles. The normalized spacial score (nSPS) is 25.5. The van der Waals surface area contributed by atoms with E-state index in [1.807, 2.05) is 11.7 Å². The first kappa shape index (κ1) is 14.5. The highest BCUT2D eigenvalue weighted by Crippen LogP contribution is 2.29. The first-order valence-corrected chi connectivity index (χ1v) is 7.21. The van der Waals surface area contributed by atoms with Crippen molar-refractivity contribution in [3.8, 4) is 0 Å². The van der Waals surface area contributed by atoms with E-state index in [-0.39, 0.29) is 11.6 Å². The number of rotatable bonds is 5. The van der Waals surface area contributed by atoms with E-state index in [2.05, 4.69) is 30.4 Å². The van der Waals surface area contributed by atoms with E-state index in [1.54, 1.807) is 0 Å². The monoisotopic (exact) mass is 266 g/mol. The molecule has 2 atom stereocenters. The largest absolute Gasteiger partial charge is 0.374 e. The fourth-order valence-corrected chi connectivity index (χ4v) is 2.83. The third-order valence-electron chi connectivity index (χ3n) is 4.24. The molecule has 0 bridgehead atoms. The van der Waals surface area contributed by atoms with Gasteiger partial charge in [0.05, 0.1) is 17.3 Å². The summed E-state index contributed by atoms with van der Waals surface area (Å²) in [6, 6.07) is 2.28. The van der Waals surface area contributed by atoms with Crippen LogP contribution in [0.5, 0.6) is 0 Å². The predicted molar refractivity (Wildman–Crippen MR) is 75.6 cm³/mol. The van der Waals surface area contributed by atoms with Crippen LogP contribution in [0.1, 0.15) is 44.5 Å². The Hall–Kier alpha value is -0.910. The molecule has 0 aliphatic carbocycles. The summed E-state index contributed by atoms with van der Waals surface area (Å²) in [5.74, 6) is 5.77. The van der Waals surface area contributed by atoms with Crippen LogP contribution >= 0.6 is 0 Å². The highest BCUT2D eigenvalue weighted by atomic mass is 16.5. The molecular formula is C14H26N4O. The fourth-order valence-electron chi connectivity index (χ4n) is 2.83. The second kappa shape index (κ2) is 6.03. The molecule has 2 rings (SSSR count). The van der Waals surface area contributed by atoms with Crippen LogP contribution in [-0.4, -0.2) is 28.0 Å². The quantitative estimate of drug-likeness (QED) is 0.623. The summed E-state index contributed by atoms with van der Waals surface area (Å²) >= 11 is 0. The van der Waals surface area contributed by atoms with Crippen molar-refractivity contribution in [1.82, 2.24) is 15.2 Å². The van der Waals surface area contributed by atoms with Gasteiger partial charge in [-0.15, -0.1) is 0 Å². The molecule has 1 saturated heterocycles. The maximum atomic E-state index is 5.99. The number of aryl methyl sites for hydroxylation is 2. The zero-order valence-electron chi connectivity index (χ0n) is 12.3. The van der Waals surface area contributed by atoms with E-state index in [0.717, 1.165) is 38.0 Å². The van der Waals surface area contributed by atoms with Crippen molar-refractivity contribution in [2.45, 2.75) is 57.6 Å². The molecule has 5 heteroatoms. The average molecular weight is 266 g/mol. The van der Waals surface area contributed by atoms with Crippen LogP contribution in [0.3, 0.4) is 0 Å². The number of nitrogens with zero attached hydrogens (tertiary/aromatic N) is 2. The zero-order chi connectivity index (χ0) is 13.9. The Kier molecular flexibility index (Phi) is 4.60. The summed E-state index contributed by atoms with van der Waals surface area (Å²) in [6.07, 6.45) is 5.22. The minimum absolute atomic E-state index is 0.118. The van der Waals surface area contributed by atoms with Crippen LogP contribution in [0.4, 0.5) is 0 Å². The lowest BCUT2D eigenvalue weighted by Crippen LogP contribution is -2.55. The van der Waals surface area contributed by atoms with Gasteiger partial charge in [-0.05, 0) is 38.7 Å². The molecule has 1 aromatic rings. The van der Waals surface area contributed by atoms with E-state index < -0.39 is 0 Å². The second-order valence-corrected chi connectivity index (χ2v) is 5.65. The first-order valence-electron chi connectivity index (χ1n) is 7.21. The Labute approximate surface area is 115 Å². The summed E-state index contributed by atoms with van der Waals surface area (Å²) in [6.45, 7) is 5.12. The van der Waals surface area contributed by atoms with Gasteiger partial charge in [0.1, 0.15) is 0 Å². The Morgan fingerprint density at radius 3 is 2.89 bits per heavy atom. The molecule has 0 radical (unpaired) electrons. The van der Waals surface area contributed by atoms with Gasteiger partial charge in [0.2, 0.25) is 0 Å². The van der Waals surface area contributed by atoms with Crippen molar-refractivity contribution < 1.29 is 4.74 Å². The van der Waals surface area contributed by atoms with E-state index >= 15 is 0 Å². The minimum Gasteiger partial charge on any atom is -0.374 e. The number of hydrogen-bond donors (Lipinski definition) is 2. The van der Waals surface area contributed by atoms with Gasteiger partial charge in [-0.3, -0.25) is 16.0 Å². The van der Waals surface area contributed by atoms with Crippen molar-refractivity contribution in [3.05, 3.63) is 17.5 Å². The van der Waals surface area contributed by atoms with Crippen molar-refractivity contribution in [2.75, 3.05) is 6.61 Å². The maximum absolute atomic E-state index is 5.99. The van der Waals surface area contributed by atoms with Crippen molar-refractivity contribution in [2.24, 2.45) is 12.9 Å². The van der Waals surface area contributed by atoms with Gasteiger partial charge in [0, 0.05) is 25.8 Å². The number of ether oxygens (including phenoxy) is 1. The highest BCUT2D eigenvalue weighted by molar-refractivity contribution is 5.13. The van der Waals surface area contributed by atoms with Gasteiger partial charge >= 0.3 is 0 Å². The van der Waals surface area contributed by atoms with E-state index in [4.69, 9.17) is 10.6 Å². The van der Waals surface area contributed by atoms with Crippen molar-refractivity contribution in [1.29, 1.82) is 0 Å². The summed E-state index contributed by atoms with van der Waals surface area (Å²) in [7, 11) is 1.99. The van der Waals surface area contributed by atoms with Crippen molar-refractivity contribution in [3.63, 3.8) is 0 Å². The SMILES string of the molecule is CCc1cc(CC(NN)C2(C)CCCCO2)n(C)n1. The third kappa shape index (κ3) is 3.16. The smallest absolute Gasteiger partial charge is 0.0824 e. The predicted octanol–water partition coefficient (Wildman–Crippen LogP) is 1.32. The molecular weight excluding hydrogens is 240 g/mol. The van der Waals surface area contributed by atoms with Crippen LogP contribution in [0.2, 0.25) is 0 Å². The lowest BCUT2D eigenvalue weighted by atomic mass is 9.86. The number of nitrogens with two attached hydrogens (primary N) is 1. The van der Waals surface area contributed by atoms with Gasteiger partial charge in [0.15, 0.2) is 0 Å². The summed E-state index contributed by atoms with van der Waals surface area (Å²) in [4.78, 5) is 0. The van der Waals surface area contributed by atoms with Crippen LogP contribution in [-0.2, 0) is 24.6 Å². The molecule has 2 heterocycles. The van der Waals surface area contributed by atoms with Crippen LogP contribution in [0.15, 0.2) is 6.07 Å². The topological polar surface area (TPSA) is 65.1 Å². The number of aromatic nitrogens is 2. The molecule has 19 heavy (non-hydrogen) atoms. The van der Waals surface area contributed by atoms with E-state index in [1.165, 1.54) is 12.1 Å². The summed E-state index contributed by atoms with van der Waals surface area (Å²) in [5, 5.41) is 4.49. The maximum Gasteiger partial charge on any atom is 0.0824 e. The average Bonchev–Trinajstić information content (AvgIpc) is 2.77. The van der Waals surface area contributed by atoms with Crippen LogP contribution in [0.25, 0.3) is 0 Å². The Morgan fingerprint density at radius 1 is 1.58 bits per heavy atom. The third-order valence-corrected chi connectivity index (χ3v) is 4.24. The molecule has 1 aliphatic rings. The number of hydrogen-bond acceptors (Lipinski definition) is 4. The number of nitrogens with one attached hydrogen (secondary N) is 1. The summed E-state index contributed by atoms with van der Waals surface area (Å²) < 4.78 is 7.95. The van der Waals surface area contributed by atoms with E-state index in [9.17, 15) is 0 Å². The molecule has 0 saturated carbocycles. The lowest BCUT2D eigenvalue weighted by molar-refractivity contribution is -0.0887. The van der Waals surface area contributed by atoms with Crippen LogP contribution in [0, 0.1) is 0 Å². The highest BCUT2D eigenvalue weighted by Gasteiger charge is 2.36. The summed E-state index contributed by atoms with van der Waals surface area (Å²) in [5.41, 5.74) is 5.10. The molecule has 3 N–H and O–H groups in total. The molecule has 5 nitrogen and oxygen atoms in total. The van der Waals surface area contributed by atoms with Gasteiger partial charge < -0.3 is 4.74 Å². The second-order valence-electron chi connectivity index (χ2n) is 5.65. The van der Waals surface area contributed by atoms with Crippen molar-refractivity contribution >= 4 is 0 Å². The standard InChI is InChI=1S/C14H26N4O/c1-4-11-9-12(18(3)17-11)10-13(16-15)14(2)7-5-6-8-19-14/h9,13,16H,4-8,10,15H2,1-3H3. The molecule has 0 amide bonds. The first-order chi connectivity index (χ1) is 9.09. The van der Waals surface area contributed by atoms with Gasteiger partial charge in [-0.25, -0.2) is 0 Å². The Morgan fingerprint density at radius 2 is 2.37 bits per heavy atom. The zero-order valence-corrected chi connectivity index (χ0v) is 12.3. The molecule has 1 aliphatic heterocycles. The van der Waals surface area contributed by atoms with Crippen LogP contribution < -0.4 is 11.3 Å². The minimum atomic E-state index is -0.177. The Bertz CT molecular complexity index is 410. The lowest BCUT2D eigenvalue weighted by Gasteiger charge is -2.40. The van der Waals surface area contributed by atoms with Gasteiger partial charge in [0.25, 0.3) is 0 Å². The van der Waals surface area contributed by atoms with E-state index in [0.29, 0.717) is 0 Å². The van der Waals surface area contributed by atoms with Gasteiger partial charge in [-0.2, -0.15) is 5.10 Å². The Balaban J connectivity index is 2.11. The fraction of sp³-hybridized carbons (Fsp3) is 0.786. The van der Waals surface area contributed by atoms with Gasteiger partial charge in [-0.1, -0.05) is 6.92 Å². The molecule has 1 fully saturated rings.